The normalized spacial score (nSPS) is 10.5. The highest BCUT2D eigenvalue weighted by atomic mass is 32.1. The van der Waals surface area contributed by atoms with Crippen LogP contribution < -0.4 is 9.47 Å². The minimum Gasteiger partial charge on any atom is -0.493 e. The van der Waals surface area contributed by atoms with Gasteiger partial charge in [0.15, 0.2) is 11.5 Å². The van der Waals surface area contributed by atoms with E-state index < -0.39 is 5.97 Å². The summed E-state index contributed by atoms with van der Waals surface area (Å²) in [6.07, 6.45) is 1.49. The number of ether oxygens (including phenoxy) is 3. The van der Waals surface area contributed by atoms with Crippen molar-refractivity contribution in [3.63, 3.8) is 0 Å². The number of hydrogen-bond donors (Lipinski definition) is 0. The summed E-state index contributed by atoms with van der Waals surface area (Å²) in [6, 6.07) is 8.74. The molecule has 0 aliphatic rings. The second kappa shape index (κ2) is 7.85. The van der Waals surface area contributed by atoms with E-state index in [0.29, 0.717) is 35.3 Å². The van der Waals surface area contributed by atoms with Gasteiger partial charge < -0.3 is 18.6 Å². The molecule has 0 fully saturated rings. The highest BCUT2D eigenvalue weighted by Crippen LogP contribution is 2.28. The van der Waals surface area contributed by atoms with Crippen LogP contribution in [0.5, 0.6) is 11.5 Å². The smallest absolute Gasteiger partial charge is 0.338 e. The van der Waals surface area contributed by atoms with Crippen LogP contribution in [0.2, 0.25) is 0 Å². The SMILES string of the molecule is CCOc1cc(C(=O)OCc2coc(-c3cccs3)n2)ccc1OC. The summed E-state index contributed by atoms with van der Waals surface area (Å²) in [5.74, 6) is 1.12. The molecule has 7 heteroatoms. The van der Waals surface area contributed by atoms with E-state index in [0.717, 1.165) is 4.88 Å². The van der Waals surface area contributed by atoms with Gasteiger partial charge in [-0.15, -0.1) is 11.3 Å². The summed E-state index contributed by atoms with van der Waals surface area (Å²) in [4.78, 5) is 17.5. The minimum atomic E-state index is -0.468. The second-order valence-corrected chi connectivity index (χ2v) is 5.94. The monoisotopic (exact) mass is 359 g/mol. The number of carbonyl (C=O) groups is 1. The molecule has 0 atom stereocenters. The van der Waals surface area contributed by atoms with Gasteiger partial charge in [0.1, 0.15) is 18.6 Å². The molecule has 0 spiro atoms. The first kappa shape index (κ1) is 17.0. The lowest BCUT2D eigenvalue weighted by molar-refractivity contribution is 0.0467. The van der Waals surface area contributed by atoms with Crippen LogP contribution in [0.15, 0.2) is 46.4 Å². The molecule has 2 heterocycles. The van der Waals surface area contributed by atoms with Crippen molar-refractivity contribution in [3.05, 3.63) is 53.2 Å². The Morgan fingerprint density at radius 1 is 1.28 bits per heavy atom. The first-order chi connectivity index (χ1) is 12.2. The third-order valence-corrected chi connectivity index (χ3v) is 4.19. The molecular weight excluding hydrogens is 342 g/mol. The Bertz CT molecular complexity index is 841. The van der Waals surface area contributed by atoms with E-state index in [4.69, 9.17) is 18.6 Å². The van der Waals surface area contributed by atoms with Gasteiger partial charge in [0.25, 0.3) is 0 Å². The number of aromatic nitrogens is 1. The number of benzene rings is 1. The van der Waals surface area contributed by atoms with Gasteiger partial charge in [0, 0.05) is 0 Å². The Balaban J connectivity index is 1.65. The lowest BCUT2D eigenvalue weighted by Crippen LogP contribution is -2.06. The van der Waals surface area contributed by atoms with Crippen LogP contribution in [0, 0.1) is 0 Å². The van der Waals surface area contributed by atoms with Gasteiger partial charge >= 0.3 is 5.97 Å². The molecule has 0 amide bonds. The van der Waals surface area contributed by atoms with Crippen molar-refractivity contribution < 1.29 is 23.4 Å². The largest absolute Gasteiger partial charge is 0.493 e. The topological polar surface area (TPSA) is 70.8 Å². The minimum absolute atomic E-state index is 0.0315. The molecule has 0 unspecified atom stereocenters. The average molecular weight is 359 g/mol. The van der Waals surface area contributed by atoms with Crippen LogP contribution in [-0.2, 0) is 11.3 Å². The Morgan fingerprint density at radius 2 is 2.16 bits per heavy atom. The molecule has 0 saturated carbocycles. The van der Waals surface area contributed by atoms with E-state index in [2.05, 4.69) is 4.98 Å². The van der Waals surface area contributed by atoms with Gasteiger partial charge in [-0.25, -0.2) is 9.78 Å². The zero-order chi connectivity index (χ0) is 17.6. The number of thiophene rings is 1. The summed E-state index contributed by atoms with van der Waals surface area (Å²) >= 11 is 1.53. The molecule has 0 aliphatic heterocycles. The molecule has 0 bridgehead atoms. The molecule has 130 valence electrons. The molecule has 0 saturated heterocycles. The first-order valence-corrected chi connectivity index (χ1v) is 8.55. The summed E-state index contributed by atoms with van der Waals surface area (Å²) in [7, 11) is 1.55. The van der Waals surface area contributed by atoms with Crippen LogP contribution in [0.1, 0.15) is 23.0 Å². The molecular formula is C18H17NO5S. The van der Waals surface area contributed by atoms with Crippen LogP contribution in [-0.4, -0.2) is 24.7 Å². The van der Waals surface area contributed by atoms with Crippen molar-refractivity contribution in [2.24, 2.45) is 0 Å². The maximum atomic E-state index is 12.2. The van der Waals surface area contributed by atoms with Gasteiger partial charge in [-0.3, -0.25) is 0 Å². The predicted molar refractivity (Wildman–Crippen MR) is 93.1 cm³/mol. The van der Waals surface area contributed by atoms with E-state index in [1.54, 1.807) is 25.3 Å². The second-order valence-electron chi connectivity index (χ2n) is 5.00. The van der Waals surface area contributed by atoms with E-state index >= 15 is 0 Å². The van der Waals surface area contributed by atoms with E-state index in [1.807, 2.05) is 24.4 Å². The van der Waals surface area contributed by atoms with Crippen LogP contribution >= 0.6 is 11.3 Å². The zero-order valence-electron chi connectivity index (χ0n) is 13.9. The van der Waals surface area contributed by atoms with E-state index in [9.17, 15) is 4.79 Å². The van der Waals surface area contributed by atoms with Crippen molar-refractivity contribution in [2.75, 3.05) is 13.7 Å². The number of carbonyl (C=O) groups excluding carboxylic acids is 1. The summed E-state index contributed by atoms with van der Waals surface area (Å²) in [5.41, 5.74) is 0.932. The highest BCUT2D eigenvalue weighted by Gasteiger charge is 2.14. The third-order valence-electron chi connectivity index (χ3n) is 3.33. The van der Waals surface area contributed by atoms with Gasteiger partial charge in [0.2, 0.25) is 5.89 Å². The summed E-state index contributed by atoms with van der Waals surface area (Å²) in [5, 5.41) is 1.94. The molecule has 6 nitrogen and oxygen atoms in total. The summed E-state index contributed by atoms with van der Waals surface area (Å²) in [6.45, 7) is 2.36. The highest BCUT2D eigenvalue weighted by molar-refractivity contribution is 7.13. The molecule has 1 aromatic carbocycles. The van der Waals surface area contributed by atoms with E-state index in [-0.39, 0.29) is 6.61 Å². The van der Waals surface area contributed by atoms with Gasteiger partial charge in [-0.1, -0.05) is 6.07 Å². The Hall–Kier alpha value is -2.80. The molecule has 3 aromatic rings. The Kier molecular flexibility index (Phi) is 5.35. The average Bonchev–Trinajstić information content (AvgIpc) is 3.31. The number of esters is 1. The van der Waals surface area contributed by atoms with Gasteiger partial charge in [0.05, 0.1) is 24.2 Å². The number of rotatable bonds is 7. The fraction of sp³-hybridized carbons (Fsp3) is 0.222. The lowest BCUT2D eigenvalue weighted by Gasteiger charge is -2.10. The predicted octanol–water partition coefficient (Wildman–Crippen LogP) is 4.17. The molecule has 3 rings (SSSR count). The third kappa shape index (κ3) is 4.00. The molecule has 25 heavy (non-hydrogen) atoms. The van der Waals surface area contributed by atoms with Crippen LogP contribution in [0.4, 0.5) is 0 Å². The zero-order valence-corrected chi connectivity index (χ0v) is 14.7. The first-order valence-electron chi connectivity index (χ1n) is 7.67. The molecule has 0 aliphatic carbocycles. The maximum Gasteiger partial charge on any atom is 0.338 e. The Morgan fingerprint density at radius 3 is 2.88 bits per heavy atom. The van der Waals surface area contributed by atoms with Crippen molar-refractivity contribution >= 4 is 17.3 Å². The van der Waals surface area contributed by atoms with Crippen LogP contribution in [0.3, 0.4) is 0 Å². The number of nitrogens with zero attached hydrogens (tertiary/aromatic N) is 1. The van der Waals surface area contributed by atoms with Gasteiger partial charge in [-0.2, -0.15) is 0 Å². The van der Waals surface area contributed by atoms with Crippen molar-refractivity contribution in [1.82, 2.24) is 4.98 Å². The lowest BCUT2D eigenvalue weighted by atomic mass is 10.2. The van der Waals surface area contributed by atoms with E-state index in [1.165, 1.54) is 17.6 Å². The number of methoxy groups -OCH3 is 1. The van der Waals surface area contributed by atoms with Crippen LogP contribution in [0.25, 0.3) is 10.8 Å². The molecule has 0 radical (unpaired) electrons. The number of hydrogen-bond acceptors (Lipinski definition) is 7. The van der Waals surface area contributed by atoms with Gasteiger partial charge in [-0.05, 0) is 36.6 Å². The molecule has 2 aromatic heterocycles. The maximum absolute atomic E-state index is 12.2. The standard InChI is InChI=1S/C18H17NO5S/c1-3-22-15-9-12(6-7-14(15)21-2)18(20)24-11-13-10-23-17(19-13)16-5-4-8-25-16/h4-10H,3,11H2,1-2H3. The summed E-state index contributed by atoms with van der Waals surface area (Å²) < 4.78 is 21.4. The molecule has 0 N–H and O–H groups in total. The fourth-order valence-electron chi connectivity index (χ4n) is 2.18. The Labute approximate surface area is 149 Å². The van der Waals surface area contributed by atoms with Crippen molar-refractivity contribution in [3.8, 4) is 22.3 Å². The fourth-order valence-corrected chi connectivity index (χ4v) is 2.84. The quantitative estimate of drug-likeness (QED) is 0.590. The number of oxazole rings is 1. The van der Waals surface area contributed by atoms with Crippen molar-refractivity contribution in [1.29, 1.82) is 0 Å². The van der Waals surface area contributed by atoms with Crippen molar-refractivity contribution in [2.45, 2.75) is 13.5 Å².